The number of hydrogen-bond acceptors (Lipinski definition) is 4. The van der Waals surface area contributed by atoms with Crippen molar-refractivity contribution in [1.29, 1.82) is 0 Å². The topological polar surface area (TPSA) is 55.4 Å². The van der Waals surface area contributed by atoms with Crippen LogP contribution in [0.4, 0.5) is 0 Å². The lowest BCUT2D eigenvalue weighted by molar-refractivity contribution is -0.134. The average Bonchev–Trinajstić information content (AvgIpc) is 2.57. The molecule has 1 aromatic rings. The van der Waals surface area contributed by atoms with Crippen LogP contribution in [0, 0.1) is 11.3 Å². The summed E-state index contributed by atoms with van der Waals surface area (Å²) in [6.45, 7) is 10.9. The molecule has 26 heavy (non-hydrogen) atoms. The van der Waals surface area contributed by atoms with E-state index in [2.05, 4.69) is 50.8 Å². The predicted molar refractivity (Wildman–Crippen MR) is 109 cm³/mol. The Bertz CT molecular complexity index is 566. The molecule has 0 saturated heterocycles. The third kappa shape index (κ3) is 7.81. The zero-order valence-corrected chi connectivity index (χ0v) is 17.5. The molecule has 2 atom stereocenters. The maximum atomic E-state index is 13.1. The van der Waals surface area contributed by atoms with E-state index in [-0.39, 0.29) is 34.6 Å². The van der Waals surface area contributed by atoms with E-state index >= 15 is 0 Å². The maximum absolute atomic E-state index is 13.1. The summed E-state index contributed by atoms with van der Waals surface area (Å²) in [5, 5.41) is 3.10. The third-order valence-corrected chi connectivity index (χ3v) is 5.09. The van der Waals surface area contributed by atoms with Gasteiger partial charge in [0.1, 0.15) is 6.61 Å². The molecule has 2 unspecified atom stereocenters. The van der Waals surface area contributed by atoms with E-state index in [1.165, 1.54) is 0 Å². The van der Waals surface area contributed by atoms with Gasteiger partial charge in [0.05, 0.1) is 6.04 Å². The van der Waals surface area contributed by atoms with Crippen molar-refractivity contribution in [2.75, 3.05) is 6.61 Å². The van der Waals surface area contributed by atoms with Crippen LogP contribution >= 0.6 is 12.6 Å². The molecule has 1 amide bonds. The van der Waals surface area contributed by atoms with Crippen molar-refractivity contribution in [3.63, 3.8) is 0 Å². The number of ether oxygens (including phenoxy) is 1. The highest BCUT2D eigenvalue weighted by Gasteiger charge is 2.35. The summed E-state index contributed by atoms with van der Waals surface area (Å²) < 4.78 is 4.64. The second kappa shape index (κ2) is 10.0. The van der Waals surface area contributed by atoms with E-state index in [1.54, 1.807) is 0 Å². The fraction of sp³-hybridized carbons (Fsp3) is 0.619. The monoisotopic (exact) mass is 379 g/mol. The van der Waals surface area contributed by atoms with Crippen molar-refractivity contribution >= 4 is 25.0 Å². The van der Waals surface area contributed by atoms with Crippen molar-refractivity contribution < 1.29 is 14.3 Å². The van der Waals surface area contributed by atoms with Crippen molar-refractivity contribution in [3.8, 4) is 0 Å². The van der Waals surface area contributed by atoms with Crippen LogP contribution in [0.15, 0.2) is 30.3 Å². The number of nitrogens with one attached hydrogen (secondary N) is 1. The number of carbonyl (C=O) groups excluding carboxylic acids is 2. The quantitative estimate of drug-likeness (QED) is 0.451. The van der Waals surface area contributed by atoms with Gasteiger partial charge in [-0.2, -0.15) is 12.6 Å². The first-order chi connectivity index (χ1) is 12.1. The summed E-state index contributed by atoms with van der Waals surface area (Å²) in [5.41, 5.74) is 0.997. The first-order valence-electron chi connectivity index (χ1n) is 9.21. The molecule has 4 nitrogen and oxygen atoms in total. The Hall–Kier alpha value is -1.49. The van der Waals surface area contributed by atoms with Gasteiger partial charge < -0.3 is 10.1 Å². The highest BCUT2D eigenvalue weighted by molar-refractivity contribution is 7.81. The van der Waals surface area contributed by atoms with Crippen LogP contribution in [0.25, 0.3) is 0 Å². The van der Waals surface area contributed by atoms with Crippen molar-refractivity contribution in [2.45, 2.75) is 64.7 Å². The van der Waals surface area contributed by atoms with Gasteiger partial charge in [0.25, 0.3) is 6.47 Å². The summed E-state index contributed by atoms with van der Waals surface area (Å²) >= 11 is 4.55. The molecule has 0 aliphatic rings. The normalized spacial score (nSPS) is 14.4. The lowest BCUT2D eigenvalue weighted by Crippen LogP contribution is -2.47. The van der Waals surface area contributed by atoms with Crippen LogP contribution in [0.1, 0.15) is 53.0 Å². The SMILES string of the molecule is CCC(C)(C)C(Cc1ccccc1)C(=O)NC(COC=O)CC(C)(C)S. The second-order valence-corrected chi connectivity index (χ2v) is 9.45. The van der Waals surface area contributed by atoms with Crippen LogP contribution in [-0.4, -0.2) is 29.8 Å². The lowest BCUT2D eigenvalue weighted by atomic mass is 9.73. The minimum Gasteiger partial charge on any atom is -0.466 e. The molecule has 0 saturated carbocycles. The minimum atomic E-state index is -0.278. The average molecular weight is 380 g/mol. The molecule has 1 N–H and O–H groups in total. The number of rotatable bonds is 11. The minimum absolute atomic E-state index is 0.00205. The number of carbonyl (C=O) groups is 2. The number of thiol groups is 1. The molecule has 0 aliphatic heterocycles. The van der Waals surface area contributed by atoms with Gasteiger partial charge in [-0.25, -0.2) is 0 Å². The standard InChI is InChI=1S/C21H33NO3S/c1-6-20(2,3)18(12-16-10-8-7-9-11-16)19(24)22-17(14-25-15-23)13-21(4,5)26/h7-11,15,17-18,26H,6,12-14H2,1-5H3,(H,22,24). The van der Waals surface area contributed by atoms with Crippen molar-refractivity contribution in [3.05, 3.63) is 35.9 Å². The molecule has 0 aromatic heterocycles. The van der Waals surface area contributed by atoms with E-state index in [9.17, 15) is 9.59 Å². The molecule has 5 heteroatoms. The molecule has 1 rings (SSSR count). The molecule has 0 aliphatic carbocycles. The predicted octanol–water partition coefficient (Wildman–Crippen LogP) is 4.04. The maximum Gasteiger partial charge on any atom is 0.293 e. The number of amides is 1. The van der Waals surface area contributed by atoms with Gasteiger partial charge in [-0.15, -0.1) is 0 Å². The molecule has 0 spiro atoms. The Balaban J connectivity index is 2.96. The van der Waals surface area contributed by atoms with Crippen LogP contribution in [0.2, 0.25) is 0 Å². The summed E-state index contributed by atoms with van der Waals surface area (Å²) in [4.78, 5) is 23.7. The molecule has 0 fully saturated rings. The highest BCUT2D eigenvalue weighted by Crippen LogP contribution is 2.33. The van der Waals surface area contributed by atoms with Gasteiger partial charge >= 0.3 is 0 Å². The molecule has 0 heterocycles. The Labute approximate surface area is 163 Å². The fourth-order valence-corrected chi connectivity index (χ4v) is 3.25. The molecular formula is C21H33NO3S. The van der Waals surface area contributed by atoms with E-state index in [4.69, 9.17) is 4.74 Å². The Morgan fingerprint density at radius 3 is 2.35 bits per heavy atom. The van der Waals surface area contributed by atoms with E-state index in [0.717, 1.165) is 12.0 Å². The van der Waals surface area contributed by atoms with Crippen molar-refractivity contribution in [1.82, 2.24) is 5.32 Å². The van der Waals surface area contributed by atoms with Gasteiger partial charge in [0.15, 0.2) is 0 Å². The highest BCUT2D eigenvalue weighted by atomic mass is 32.1. The van der Waals surface area contributed by atoms with Gasteiger partial charge in [-0.3, -0.25) is 9.59 Å². The van der Waals surface area contributed by atoms with Crippen molar-refractivity contribution in [2.24, 2.45) is 11.3 Å². The van der Waals surface area contributed by atoms with Crippen LogP contribution in [-0.2, 0) is 20.7 Å². The van der Waals surface area contributed by atoms with Crippen LogP contribution in [0.5, 0.6) is 0 Å². The zero-order valence-electron chi connectivity index (χ0n) is 16.6. The summed E-state index contributed by atoms with van der Waals surface area (Å²) in [5.74, 6) is -0.172. The second-order valence-electron chi connectivity index (χ2n) is 8.24. The van der Waals surface area contributed by atoms with E-state index < -0.39 is 0 Å². The van der Waals surface area contributed by atoms with Gasteiger partial charge in [-0.05, 0) is 23.8 Å². The number of benzene rings is 1. The lowest BCUT2D eigenvalue weighted by Gasteiger charge is -2.34. The first kappa shape index (κ1) is 22.6. The summed E-state index contributed by atoms with van der Waals surface area (Å²) in [7, 11) is 0. The molecule has 0 radical (unpaired) electrons. The Morgan fingerprint density at radius 1 is 1.23 bits per heavy atom. The molecule has 0 bridgehead atoms. The molecular weight excluding hydrogens is 346 g/mol. The van der Waals surface area contributed by atoms with Crippen LogP contribution < -0.4 is 5.32 Å². The zero-order chi connectivity index (χ0) is 19.8. The fourth-order valence-electron chi connectivity index (χ4n) is 3.03. The van der Waals surface area contributed by atoms with Crippen LogP contribution in [0.3, 0.4) is 0 Å². The molecule has 146 valence electrons. The third-order valence-electron chi connectivity index (χ3n) is 4.91. The van der Waals surface area contributed by atoms with Gasteiger partial charge in [0.2, 0.25) is 5.91 Å². The Kier molecular flexibility index (Phi) is 8.68. The summed E-state index contributed by atoms with van der Waals surface area (Å²) in [6, 6.07) is 9.81. The van der Waals surface area contributed by atoms with Gasteiger partial charge in [-0.1, -0.05) is 71.4 Å². The first-order valence-corrected chi connectivity index (χ1v) is 9.65. The Morgan fingerprint density at radius 2 is 1.85 bits per heavy atom. The largest absolute Gasteiger partial charge is 0.466 e. The number of hydrogen-bond donors (Lipinski definition) is 2. The van der Waals surface area contributed by atoms with Gasteiger partial charge in [0, 0.05) is 10.7 Å². The summed E-state index contributed by atoms with van der Waals surface area (Å²) in [6.07, 6.45) is 2.19. The van der Waals surface area contributed by atoms with E-state index in [1.807, 2.05) is 32.0 Å². The van der Waals surface area contributed by atoms with E-state index in [0.29, 0.717) is 19.3 Å². The molecule has 1 aromatic carbocycles. The smallest absolute Gasteiger partial charge is 0.293 e.